The van der Waals surface area contributed by atoms with Gasteiger partial charge in [0.1, 0.15) is 11.6 Å². The first-order valence-corrected chi connectivity index (χ1v) is 8.43. The smallest absolute Gasteiger partial charge is 0.484 e. The summed E-state index contributed by atoms with van der Waals surface area (Å²) in [7, 11) is 0. The first-order chi connectivity index (χ1) is 13.0. The number of aliphatic carboxylic acids is 1. The van der Waals surface area contributed by atoms with Crippen molar-refractivity contribution in [3.8, 4) is 5.75 Å². The summed E-state index contributed by atoms with van der Waals surface area (Å²) in [6, 6.07) is 4.09. The van der Waals surface area contributed by atoms with E-state index >= 15 is 0 Å². The number of carbonyl (C=O) groups is 2. The molecule has 4 atom stereocenters. The van der Waals surface area contributed by atoms with Crippen molar-refractivity contribution < 1.29 is 41.7 Å². The molecular formula is C16H17ClF4N2O5. The van der Waals surface area contributed by atoms with Gasteiger partial charge in [-0.1, -0.05) is 11.6 Å². The van der Waals surface area contributed by atoms with Crippen molar-refractivity contribution in [3.05, 3.63) is 29.0 Å². The Labute approximate surface area is 161 Å². The fraction of sp³-hybridized carbons (Fsp3) is 0.500. The Morgan fingerprint density at radius 2 is 1.96 bits per heavy atom. The quantitative estimate of drug-likeness (QED) is 0.631. The summed E-state index contributed by atoms with van der Waals surface area (Å²) in [5.74, 6) is -3.34. The lowest BCUT2D eigenvalue weighted by atomic mass is 9.92. The fourth-order valence-electron chi connectivity index (χ4n) is 2.81. The molecule has 0 aromatic heterocycles. The minimum atomic E-state index is -5.08. The molecule has 4 N–H and O–H groups in total. The van der Waals surface area contributed by atoms with Crippen molar-refractivity contribution in [1.29, 1.82) is 0 Å². The lowest BCUT2D eigenvalue weighted by Crippen LogP contribution is -2.47. The predicted octanol–water partition coefficient (Wildman–Crippen LogP) is 1.86. The first-order valence-electron chi connectivity index (χ1n) is 8.05. The second-order valence-electron chi connectivity index (χ2n) is 6.19. The molecule has 156 valence electrons. The van der Waals surface area contributed by atoms with Crippen LogP contribution in [0.2, 0.25) is 5.02 Å². The van der Waals surface area contributed by atoms with E-state index in [-0.39, 0.29) is 47.6 Å². The predicted molar refractivity (Wildman–Crippen MR) is 88.4 cm³/mol. The van der Waals surface area contributed by atoms with Gasteiger partial charge in [0.05, 0.1) is 23.3 Å². The average Bonchev–Trinajstić information content (AvgIpc) is 3.14. The summed E-state index contributed by atoms with van der Waals surface area (Å²) in [5, 5.41) is 10.0. The van der Waals surface area contributed by atoms with Crippen LogP contribution in [-0.4, -0.2) is 54.1 Å². The topological polar surface area (TPSA) is 111 Å². The number of ether oxygens (including phenoxy) is 2. The summed E-state index contributed by atoms with van der Waals surface area (Å²) >= 11 is 5.57. The molecule has 2 saturated heterocycles. The van der Waals surface area contributed by atoms with Gasteiger partial charge in [0.25, 0.3) is 5.91 Å². The third-order valence-electron chi connectivity index (χ3n) is 4.12. The number of nitrogens with one attached hydrogen (secondary N) is 1. The molecule has 7 nitrogen and oxygen atoms in total. The van der Waals surface area contributed by atoms with E-state index in [1.807, 2.05) is 0 Å². The Hall–Kier alpha value is -2.11. The lowest BCUT2D eigenvalue weighted by molar-refractivity contribution is -0.192. The molecule has 0 radical (unpaired) electrons. The summed E-state index contributed by atoms with van der Waals surface area (Å²) < 4.78 is 55.8. The largest absolute Gasteiger partial charge is 0.490 e. The monoisotopic (exact) mass is 428 g/mol. The number of halogens is 5. The molecule has 0 spiro atoms. The third-order valence-corrected chi connectivity index (χ3v) is 4.42. The Bertz CT molecular complexity index is 731. The summed E-state index contributed by atoms with van der Waals surface area (Å²) in [6.07, 6.45) is -3.57. The molecule has 2 bridgehead atoms. The molecule has 0 unspecified atom stereocenters. The SMILES string of the molecule is N[C@H]1C[C@H]2O[C@@H]1C[C@@H]2NC(=O)COc1ccc(Cl)c(F)c1.O=C(O)C(F)(F)F. The van der Waals surface area contributed by atoms with Crippen LogP contribution >= 0.6 is 11.6 Å². The second kappa shape index (κ2) is 8.93. The van der Waals surface area contributed by atoms with E-state index in [9.17, 15) is 22.4 Å². The van der Waals surface area contributed by atoms with Crippen LogP contribution in [0.3, 0.4) is 0 Å². The Kier molecular flexibility index (Phi) is 7.07. The van der Waals surface area contributed by atoms with Crippen LogP contribution in [0, 0.1) is 5.82 Å². The number of alkyl halides is 3. The number of hydrogen-bond acceptors (Lipinski definition) is 5. The van der Waals surface area contributed by atoms with Gasteiger partial charge in [-0.15, -0.1) is 0 Å². The molecule has 0 aliphatic carbocycles. The van der Waals surface area contributed by atoms with E-state index < -0.39 is 18.0 Å². The maximum absolute atomic E-state index is 13.2. The van der Waals surface area contributed by atoms with Crippen LogP contribution in [0.1, 0.15) is 12.8 Å². The van der Waals surface area contributed by atoms with Crippen molar-refractivity contribution in [1.82, 2.24) is 5.32 Å². The number of nitrogens with two attached hydrogens (primary N) is 1. The van der Waals surface area contributed by atoms with Crippen molar-refractivity contribution in [2.45, 2.75) is 43.3 Å². The minimum Gasteiger partial charge on any atom is -0.484 e. The van der Waals surface area contributed by atoms with Crippen LogP contribution in [0.25, 0.3) is 0 Å². The van der Waals surface area contributed by atoms with Crippen molar-refractivity contribution >= 4 is 23.5 Å². The highest BCUT2D eigenvalue weighted by atomic mass is 35.5. The highest BCUT2D eigenvalue weighted by molar-refractivity contribution is 6.30. The van der Waals surface area contributed by atoms with Crippen LogP contribution < -0.4 is 15.8 Å². The van der Waals surface area contributed by atoms with Gasteiger partial charge in [0.15, 0.2) is 6.61 Å². The molecule has 12 heteroatoms. The van der Waals surface area contributed by atoms with Gasteiger partial charge in [-0.05, 0) is 25.0 Å². The number of amides is 1. The van der Waals surface area contributed by atoms with Crippen LogP contribution in [-0.2, 0) is 14.3 Å². The van der Waals surface area contributed by atoms with Gasteiger partial charge in [-0.3, -0.25) is 4.79 Å². The van der Waals surface area contributed by atoms with Gasteiger partial charge < -0.3 is 25.6 Å². The fourth-order valence-corrected chi connectivity index (χ4v) is 2.93. The molecule has 1 aromatic rings. The zero-order valence-corrected chi connectivity index (χ0v) is 15.0. The third kappa shape index (κ3) is 5.94. The van der Waals surface area contributed by atoms with Crippen LogP contribution in [0.15, 0.2) is 18.2 Å². The van der Waals surface area contributed by atoms with Crippen molar-refractivity contribution in [2.24, 2.45) is 5.73 Å². The van der Waals surface area contributed by atoms with E-state index in [1.54, 1.807) is 0 Å². The van der Waals surface area contributed by atoms with Gasteiger partial charge in [-0.25, -0.2) is 9.18 Å². The van der Waals surface area contributed by atoms with E-state index in [4.69, 9.17) is 36.7 Å². The minimum absolute atomic E-state index is 0.0121. The molecule has 2 aliphatic rings. The number of rotatable bonds is 4. The molecule has 1 aromatic carbocycles. The number of fused-ring (bicyclic) bond motifs is 2. The molecule has 0 saturated carbocycles. The van der Waals surface area contributed by atoms with Crippen LogP contribution in [0.5, 0.6) is 5.75 Å². The number of benzene rings is 1. The molecule has 2 heterocycles. The van der Waals surface area contributed by atoms with E-state index in [0.717, 1.165) is 18.9 Å². The Balaban J connectivity index is 0.000000345. The molecular weight excluding hydrogens is 412 g/mol. The molecule has 28 heavy (non-hydrogen) atoms. The Morgan fingerprint density at radius 3 is 2.43 bits per heavy atom. The maximum Gasteiger partial charge on any atom is 0.490 e. The van der Waals surface area contributed by atoms with Crippen molar-refractivity contribution in [2.75, 3.05) is 6.61 Å². The summed E-state index contributed by atoms with van der Waals surface area (Å²) in [5.41, 5.74) is 5.87. The lowest BCUT2D eigenvalue weighted by Gasteiger charge is -2.23. The zero-order chi connectivity index (χ0) is 21.1. The number of carboxylic acid groups (broad SMARTS) is 1. The highest BCUT2D eigenvalue weighted by Crippen LogP contribution is 2.33. The standard InChI is InChI=1S/C14H16ClFN2O3.C2HF3O2/c15-8-2-1-7(3-9(8)16)20-6-14(19)18-11-5-12-10(17)4-13(11)21-12;3-2(4,5)1(6)7/h1-3,10-13H,4-6,17H2,(H,18,19);(H,6,7)/t10-,11-,12+,13+;/m0./s1. The molecule has 3 rings (SSSR count). The zero-order valence-electron chi connectivity index (χ0n) is 14.2. The molecule has 1 amide bonds. The van der Waals surface area contributed by atoms with E-state index in [2.05, 4.69) is 5.32 Å². The number of hydrogen-bond donors (Lipinski definition) is 3. The average molecular weight is 429 g/mol. The van der Waals surface area contributed by atoms with E-state index in [1.165, 1.54) is 12.1 Å². The summed E-state index contributed by atoms with van der Waals surface area (Å²) in [6.45, 7) is -0.180. The van der Waals surface area contributed by atoms with Crippen molar-refractivity contribution in [3.63, 3.8) is 0 Å². The Morgan fingerprint density at radius 1 is 1.32 bits per heavy atom. The highest BCUT2D eigenvalue weighted by Gasteiger charge is 2.46. The van der Waals surface area contributed by atoms with Gasteiger partial charge in [0.2, 0.25) is 0 Å². The second-order valence-corrected chi connectivity index (χ2v) is 6.60. The van der Waals surface area contributed by atoms with Gasteiger partial charge in [0, 0.05) is 12.1 Å². The normalized spacial score (nSPS) is 25.6. The number of carboxylic acids is 1. The maximum atomic E-state index is 13.2. The number of carbonyl (C=O) groups excluding carboxylic acids is 1. The molecule has 2 fully saturated rings. The first kappa shape index (κ1) is 22.2. The van der Waals surface area contributed by atoms with Gasteiger partial charge in [-0.2, -0.15) is 13.2 Å². The molecule has 2 aliphatic heterocycles. The van der Waals surface area contributed by atoms with E-state index in [0.29, 0.717) is 0 Å². The van der Waals surface area contributed by atoms with Crippen LogP contribution in [0.4, 0.5) is 17.6 Å². The van der Waals surface area contributed by atoms with Gasteiger partial charge >= 0.3 is 12.1 Å². The summed E-state index contributed by atoms with van der Waals surface area (Å²) in [4.78, 5) is 20.7.